The number of aromatic hydroxyl groups is 1. The fourth-order valence-corrected chi connectivity index (χ4v) is 5.02. The standard InChI is InChI=1S/C9H14NO3PS/c1-2-6-14(13,7-11)15-9-8(12)4-3-5-10-9/h3-5,11-12H,2,6-7H2,1H3. The third kappa shape index (κ3) is 3.52. The Hall–Kier alpha value is -0.510. The second-order valence-electron chi connectivity index (χ2n) is 3.10. The molecule has 84 valence electrons. The first-order valence-electron chi connectivity index (χ1n) is 4.64. The van der Waals surface area contributed by atoms with E-state index in [0.717, 1.165) is 17.8 Å². The van der Waals surface area contributed by atoms with Crippen LogP contribution in [0.2, 0.25) is 0 Å². The molecule has 1 heterocycles. The van der Waals surface area contributed by atoms with Gasteiger partial charge in [-0.1, -0.05) is 6.92 Å². The molecule has 0 aromatic carbocycles. The summed E-state index contributed by atoms with van der Waals surface area (Å²) in [6.07, 6.45) is -0.352. The van der Waals surface area contributed by atoms with E-state index in [0.29, 0.717) is 11.2 Å². The van der Waals surface area contributed by atoms with Gasteiger partial charge in [0.25, 0.3) is 0 Å². The van der Waals surface area contributed by atoms with Crippen LogP contribution in [0.4, 0.5) is 0 Å². The zero-order chi connectivity index (χ0) is 11.3. The van der Waals surface area contributed by atoms with Gasteiger partial charge in [-0.3, -0.25) is 0 Å². The van der Waals surface area contributed by atoms with E-state index in [-0.39, 0.29) is 12.1 Å². The van der Waals surface area contributed by atoms with Gasteiger partial charge in [-0.15, -0.1) is 0 Å². The molecule has 4 nitrogen and oxygen atoms in total. The minimum atomic E-state index is -2.70. The van der Waals surface area contributed by atoms with Gasteiger partial charge in [-0.2, -0.15) is 0 Å². The molecule has 1 aromatic rings. The largest absolute Gasteiger partial charge is 0.505 e. The number of pyridine rings is 1. The van der Waals surface area contributed by atoms with Crippen LogP contribution in [-0.2, 0) is 4.57 Å². The topological polar surface area (TPSA) is 70.4 Å². The van der Waals surface area contributed by atoms with E-state index < -0.39 is 6.34 Å². The molecule has 0 radical (unpaired) electrons. The first-order valence-corrected chi connectivity index (χ1v) is 8.13. The summed E-state index contributed by atoms with van der Waals surface area (Å²) in [5.74, 6) is 0.00674. The molecule has 0 aliphatic heterocycles. The van der Waals surface area contributed by atoms with Gasteiger partial charge < -0.3 is 14.8 Å². The van der Waals surface area contributed by atoms with E-state index >= 15 is 0 Å². The highest BCUT2D eigenvalue weighted by molar-refractivity contribution is 8.58. The molecule has 0 amide bonds. The first kappa shape index (κ1) is 12.6. The summed E-state index contributed by atoms with van der Waals surface area (Å²) in [6.45, 7) is 1.90. The minimum Gasteiger partial charge on any atom is -0.505 e. The van der Waals surface area contributed by atoms with Crippen LogP contribution in [-0.4, -0.2) is 27.7 Å². The van der Waals surface area contributed by atoms with Gasteiger partial charge in [-0.25, -0.2) is 4.98 Å². The van der Waals surface area contributed by atoms with Gasteiger partial charge >= 0.3 is 0 Å². The summed E-state index contributed by atoms with van der Waals surface area (Å²) in [4.78, 5) is 3.92. The van der Waals surface area contributed by atoms with Crippen molar-refractivity contribution in [3.63, 3.8) is 0 Å². The molecule has 15 heavy (non-hydrogen) atoms. The quantitative estimate of drug-likeness (QED) is 0.782. The number of nitrogens with zero attached hydrogens (tertiary/aromatic N) is 1. The van der Waals surface area contributed by atoms with Crippen LogP contribution in [0.25, 0.3) is 0 Å². The molecule has 1 unspecified atom stereocenters. The van der Waals surface area contributed by atoms with Crippen molar-refractivity contribution in [2.75, 3.05) is 12.5 Å². The highest BCUT2D eigenvalue weighted by atomic mass is 32.7. The van der Waals surface area contributed by atoms with Crippen LogP contribution in [0.3, 0.4) is 0 Å². The average molecular weight is 247 g/mol. The van der Waals surface area contributed by atoms with Crippen LogP contribution in [0.5, 0.6) is 5.75 Å². The molecule has 1 rings (SSSR count). The smallest absolute Gasteiger partial charge is 0.169 e. The summed E-state index contributed by atoms with van der Waals surface area (Å²) in [5.41, 5.74) is 0. The molecular weight excluding hydrogens is 233 g/mol. The molecule has 6 heteroatoms. The molecule has 0 aliphatic rings. The Morgan fingerprint density at radius 3 is 2.87 bits per heavy atom. The Bertz CT molecular complexity index is 372. The maximum absolute atomic E-state index is 12.1. The first-order chi connectivity index (χ1) is 7.11. The maximum atomic E-state index is 12.1. The lowest BCUT2D eigenvalue weighted by molar-refractivity contribution is 0.361. The Morgan fingerprint density at radius 1 is 1.60 bits per heavy atom. The zero-order valence-corrected chi connectivity index (χ0v) is 10.2. The van der Waals surface area contributed by atoms with Crippen molar-refractivity contribution in [3.05, 3.63) is 18.3 Å². The fraction of sp³-hybridized carbons (Fsp3) is 0.444. The lowest BCUT2D eigenvalue weighted by atomic mass is 10.5. The van der Waals surface area contributed by atoms with E-state index in [4.69, 9.17) is 5.11 Å². The van der Waals surface area contributed by atoms with Crippen molar-refractivity contribution in [1.82, 2.24) is 4.98 Å². The number of aliphatic hydroxyl groups is 1. The van der Waals surface area contributed by atoms with E-state index in [2.05, 4.69) is 4.98 Å². The lowest BCUT2D eigenvalue weighted by Gasteiger charge is -2.13. The molecule has 1 atom stereocenters. The van der Waals surface area contributed by atoms with Gasteiger partial charge in [-0.05, 0) is 29.9 Å². The van der Waals surface area contributed by atoms with Crippen molar-refractivity contribution in [1.29, 1.82) is 0 Å². The molecule has 0 fully saturated rings. The highest BCUT2D eigenvalue weighted by Gasteiger charge is 2.23. The SMILES string of the molecule is CCCP(=O)(CO)Sc1ncccc1O. The van der Waals surface area contributed by atoms with E-state index in [1.54, 1.807) is 6.07 Å². The predicted molar refractivity (Wildman–Crippen MR) is 61.6 cm³/mol. The van der Waals surface area contributed by atoms with Crippen LogP contribution >= 0.6 is 17.7 Å². The molecule has 0 spiro atoms. The Labute approximate surface area is 92.9 Å². The van der Waals surface area contributed by atoms with Gasteiger partial charge in [0.2, 0.25) is 0 Å². The molecule has 0 aliphatic carbocycles. The second-order valence-corrected chi connectivity index (χ2v) is 8.57. The van der Waals surface area contributed by atoms with Gasteiger partial charge in [0.05, 0.1) is 0 Å². The Kier molecular flexibility index (Phi) is 4.64. The monoisotopic (exact) mass is 247 g/mol. The fourth-order valence-electron chi connectivity index (χ4n) is 1.10. The van der Waals surface area contributed by atoms with E-state index in [1.165, 1.54) is 12.3 Å². The van der Waals surface area contributed by atoms with Crippen molar-refractivity contribution in [3.8, 4) is 5.75 Å². The summed E-state index contributed by atoms with van der Waals surface area (Å²) < 4.78 is 12.1. The zero-order valence-electron chi connectivity index (χ0n) is 8.46. The number of aliphatic hydroxyl groups excluding tert-OH is 1. The molecule has 0 saturated carbocycles. The molecule has 2 N–H and O–H groups in total. The van der Waals surface area contributed by atoms with Crippen molar-refractivity contribution in [2.24, 2.45) is 0 Å². The summed E-state index contributed by atoms with van der Waals surface area (Å²) in [6, 6.07) is 3.09. The van der Waals surface area contributed by atoms with Gasteiger partial charge in [0.15, 0.2) is 6.34 Å². The molecule has 1 aromatic heterocycles. The molecular formula is C9H14NO3PS. The predicted octanol–water partition coefficient (Wildman–Crippen LogP) is 2.52. The van der Waals surface area contributed by atoms with Gasteiger partial charge in [0, 0.05) is 12.4 Å². The summed E-state index contributed by atoms with van der Waals surface area (Å²) >= 11 is 0.987. The van der Waals surface area contributed by atoms with Crippen molar-refractivity contribution >= 4 is 17.7 Å². The third-order valence-electron chi connectivity index (χ3n) is 1.78. The molecule has 0 saturated heterocycles. The van der Waals surface area contributed by atoms with Crippen LogP contribution in [0, 0.1) is 0 Å². The second kappa shape index (κ2) is 5.54. The lowest BCUT2D eigenvalue weighted by Crippen LogP contribution is -1.91. The number of rotatable bonds is 5. The van der Waals surface area contributed by atoms with E-state index in [9.17, 15) is 9.67 Å². The number of aromatic nitrogens is 1. The normalized spacial score (nSPS) is 14.8. The number of hydrogen-bond donors (Lipinski definition) is 2. The van der Waals surface area contributed by atoms with Crippen molar-refractivity contribution < 1.29 is 14.8 Å². The average Bonchev–Trinajstić information content (AvgIpc) is 2.22. The van der Waals surface area contributed by atoms with E-state index in [1.807, 2.05) is 6.92 Å². The maximum Gasteiger partial charge on any atom is 0.169 e. The molecule has 0 bridgehead atoms. The van der Waals surface area contributed by atoms with Crippen molar-refractivity contribution in [2.45, 2.75) is 18.4 Å². The Balaban J connectivity index is 2.84. The highest BCUT2D eigenvalue weighted by Crippen LogP contribution is 2.62. The Morgan fingerprint density at radius 2 is 2.33 bits per heavy atom. The van der Waals surface area contributed by atoms with Crippen LogP contribution < -0.4 is 0 Å². The summed E-state index contributed by atoms with van der Waals surface area (Å²) in [7, 11) is 0. The third-order valence-corrected chi connectivity index (χ3v) is 6.57. The minimum absolute atomic E-state index is 0.00674. The summed E-state index contributed by atoms with van der Waals surface area (Å²) in [5, 5.41) is 18.8. The van der Waals surface area contributed by atoms with Gasteiger partial charge in [0.1, 0.15) is 17.1 Å². The van der Waals surface area contributed by atoms with Crippen LogP contribution in [0.15, 0.2) is 23.4 Å². The number of hydrogen-bond acceptors (Lipinski definition) is 5. The van der Waals surface area contributed by atoms with Crippen LogP contribution in [0.1, 0.15) is 13.3 Å².